The topological polar surface area (TPSA) is 65.9 Å². The Morgan fingerprint density at radius 2 is 1.93 bits per heavy atom. The molecule has 0 aliphatic rings. The standard InChI is InChI=1S/C21H28FN3O2/c1-5-23-21(24-13-19(26)16-7-9-17(22)10-8-16)25-15(3)18-12-14(2)6-11-20(18)27-4/h6-12,15,19,26H,5,13H2,1-4H3,(H2,23,24,25). The minimum atomic E-state index is -0.801. The third kappa shape index (κ3) is 5.96. The monoisotopic (exact) mass is 373 g/mol. The number of ether oxygens (including phenoxy) is 1. The number of hydrogen-bond donors (Lipinski definition) is 3. The normalized spacial score (nSPS) is 13.8. The summed E-state index contributed by atoms with van der Waals surface area (Å²) in [4.78, 5) is 4.47. The van der Waals surface area contributed by atoms with Gasteiger partial charge < -0.3 is 20.5 Å². The van der Waals surface area contributed by atoms with Crippen LogP contribution in [0, 0.1) is 12.7 Å². The van der Waals surface area contributed by atoms with E-state index in [0.29, 0.717) is 18.1 Å². The second-order valence-electron chi connectivity index (χ2n) is 6.40. The maximum atomic E-state index is 13.0. The van der Waals surface area contributed by atoms with E-state index in [1.54, 1.807) is 19.2 Å². The number of aliphatic hydroxyl groups is 1. The molecular formula is C21H28FN3O2. The predicted octanol–water partition coefficient (Wildman–Crippen LogP) is 3.49. The van der Waals surface area contributed by atoms with Crippen molar-refractivity contribution < 1.29 is 14.2 Å². The summed E-state index contributed by atoms with van der Waals surface area (Å²) in [5.41, 5.74) is 2.81. The van der Waals surface area contributed by atoms with Crippen LogP contribution in [0.4, 0.5) is 4.39 Å². The average Bonchev–Trinajstić information content (AvgIpc) is 2.66. The number of hydrogen-bond acceptors (Lipinski definition) is 3. The lowest BCUT2D eigenvalue weighted by Gasteiger charge is -2.21. The number of aliphatic hydroxyl groups excluding tert-OH is 1. The molecule has 0 saturated carbocycles. The molecule has 0 heterocycles. The van der Waals surface area contributed by atoms with Crippen molar-refractivity contribution >= 4 is 5.96 Å². The maximum absolute atomic E-state index is 13.0. The summed E-state index contributed by atoms with van der Waals surface area (Å²) in [6.07, 6.45) is -0.801. The van der Waals surface area contributed by atoms with Gasteiger partial charge in [0.05, 0.1) is 25.8 Å². The molecule has 0 spiro atoms. The van der Waals surface area contributed by atoms with Crippen LogP contribution in [0.2, 0.25) is 0 Å². The fraction of sp³-hybridized carbons (Fsp3) is 0.381. The van der Waals surface area contributed by atoms with Gasteiger partial charge in [-0.1, -0.05) is 29.8 Å². The van der Waals surface area contributed by atoms with E-state index in [9.17, 15) is 9.50 Å². The molecule has 27 heavy (non-hydrogen) atoms. The van der Waals surface area contributed by atoms with Crippen molar-refractivity contribution in [2.24, 2.45) is 4.99 Å². The van der Waals surface area contributed by atoms with Crippen molar-refractivity contribution in [1.29, 1.82) is 0 Å². The maximum Gasteiger partial charge on any atom is 0.191 e. The smallest absolute Gasteiger partial charge is 0.191 e. The van der Waals surface area contributed by atoms with Crippen LogP contribution in [0.5, 0.6) is 5.75 Å². The summed E-state index contributed by atoms with van der Waals surface area (Å²) in [5.74, 6) is 1.07. The Kier molecular flexibility index (Phi) is 7.61. The van der Waals surface area contributed by atoms with Crippen LogP contribution in [0.3, 0.4) is 0 Å². The molecule has 0 aliphatic carbocycles. The third-order valence-corrected chi connectivity index (χ3v) is 4.23. The quantitative estimate of drug-likeness (QED) is 0.513. The first-order chi connectivity index (χ1) is 12.9. The van der Waals surface area contributed by atoms with Crippen LogP contribution in [0.15, 0.2) is 47.5 Å². The molecule has 2 aromatic rings. The van der Waals surface area contributed by atoms with Gasteiger partial charge in [-0.25, -0.2) is 4.39 Å². The summed E-state index contributed by atoms with van der Waals surface area (Å²) in [6.45, 7) is 6.90. The number of halogens is 1. The largest absolute Gasteiger partial charge is 0.496 e. The van der Waals surface area contributed by atoms with E-state index in [-0.39, 0.29) is 18.4 Å². The lowest BCUT2D eigenvalue weighted by atomic mass is 10.0. The molecule has 146 valence electrons. The van der Waals surface area contributed by atoms with E-state index in [1.807, 2.05) is 32.9 Å². The highest BCUT2D eigenvalue weighted by molar-refractivity contribution is 5.80. The molecule has 0 radical (unpaired) electrons. The van der Waals surface area contributed by atoms with Crippen LogP contribution in [-0.4, -0.2) is 31.3 Å². The van der Waals surface area contributed by atoms with Gasteiger partial charge in [0.15, 0.2) is 5.96 Å². The molecule has 2 atom stereocenters. The number of nitrogens with zero attached hydrogens (tertiary/aromatic N) is 1. The lowest BCUT2D eigenvalue weighted by molar-refractivity contribution is 0.187. The first kappa shape index (κ1) is 20.7. The summed E-state index contributed by atoms with van der Waals surface area (Å²) in [5, 5.41) is 16.8. The van der Waals surface area contributed by atoms with Gasteiger partial charge >= 0.3 is 0 Å². The van der Waals surface area contributed by atoms with E-state index in [2.05, 4.69) is 21.7 Å². The molecule has 6 heteroatoms. The highest BCUT2D eigenvalue weighted by Gasteiger charge is 2.14. The van der Waals surface area contributed by atoms with Gasteiger partial charge in [0.25, 0.3) is 0 Å². The second-order valence-corrected chi connectivity index (χ2v) is 6.40. The summed E-state index contributed by atoms with van der Waals surface area (Å²) in [6, 6.07) is 11.8. The summed E-state index contributed by atoms with van der Waals surface area (Å²) < 4.78 is 18.5. The van der Waals surface area contributed by atoms with Crippen molar-refractivity contribution in [3.8, 4) is 5.75 Å². The zero-order valence-corrected chi connectivity index (χ0v) is 16.3. The second kappa shape index (κ2) is 9.92. The number of rotatable bonds is 7. The van der Waals surface area contributed by atoms with Crippen molar-refractivity contribution in [2.75, 3.05) is 20.2 Å². The molecule has 0 saturated heterocycles. The van der Waals surface area contributed by atoms with Gasteiger partial charge in [0.1, 0.15) is 11.6 Å². The molecule has 2 unspecified atom stereocenters. The molecule has 0 bridgehead atoms. The zero-order chi connectivity index (χ0) is 19.8. The van der Waals surface area contributed by atoms with Crippen molar-refractivity contribution in [1.82, 2.24) is 10.6 Å². The number of aryl methyl sites for hydroxylation is 1. The molecule has 2 rings (SSSR count). The summed E-state index contributed by atoms with van der Waals surface area (Å²) in [7, 11) is 1.65. The molecule has 2 aromatic carbocycles. The van der Waals surface area contributed by atoms with Crippen LogP contribution in [0.25, 0.3) is 0 Å². The molecule has 0 aromatic heterocycles. The fourth-order valence-electron chi connectivity index (χ4n) is 2.76. The van der Waals surface area contributed by atoms with Gasteiger partial charge in [-0.3, -0.25) is 4.99 Å². The first-order valence-electron chi connectivity index (χ1n) is 9.07. The van der Waals surface area contributed by atoms with E-state index in [4.69, 9.17) is 4.74 Å². The molecule has 5 nitrogen and oxygen atoms in total. The predicted molar refractivity (Wildman–Crippen MR) is 107 cm³/mol. The Hall–Kier alpha value is -2.60. The van der Waals surface area contributed by atoms with Crippen LogP contribution < -0.4 is 15.4 Å². The van der Waals surface area contributed by atoms with E-state index < -0.39 is 6.10 Å². The zero-order valence-electron chi connectivity index (χ0n) is 16.3. The highest BCUT2D eigenvalue weighted by atomic mass is 19.1. The first-order valence-corrected chi connectivity index (χ1v) is 9.07. The number of guanidine groups is 1. The van der Waals surface area contributed by atoms with Crippen molar-refractivity contribution in [3.05, 3.63) is 65.0 Å². The van der Waals surface area contributed by atoms with Gasteiger partial charge in [-0.05, 0) is 44.5 Å². The van der Waals surface area contributed by atoms with Crippen LogP contribution >= 0.6 is 0 Å². The van der Waals surface area contributed by atoms with E-state index in [1.165, 1.54) is 12.1 Å². The number of aliphatic imine (C=N–C) groups is 1. The van der Waals surface area contributed by atoms with Crippen LogP contribution in [0.1, 0.15) is 42.7 Å². The summed E-state index contributed by atoms with van der Waals surface area (Å²) >= 11 is 0. The Bertz CT molecular complexity index is 763. The van der Waals surface area contributed by atoms with Gasteiger partial charge in [-0.2, -0.15) is 0 Å². The molecule has 0 aliphatic heterocycles. The molecule has 3 N–H and O–H groups in total. The van der Waals surface area contributed by atoms with Crippen LogP contribution in [-0.2, 0) is 0 Å². The van der Waals surface area contributed by atoms with E-state index >= 15 is 0 Å². The number of nitrogens with one attached hydrogen (secondary N) is 2. The minimum absolute atomic E-state index is 0.0411. The fourth-order valence-corrected chi connectivity index (χ4v) is 2.76. The Morgan fingerprint density at radius 1 is 1.22 bits per heavy atom. The lowest BCUT2D eigenvalue weighted by Crippen LogP contribution is -2.39. The Labute approximate surface area is 160 Å². The Morgan fingerprint density at radius 3 is 2.56 bits per heavy atom. The van der Waals surface area contributed by atoms with Gasteiger partial charge in [0, 0.05) is 12.1 Å². The SMILES string of the molecule is CCNC(=NCC(O)c1ccc(F)cc1)NC(C)c1cc(C)ccc1OC. The average molecular weight is 373 g/mol. The number of methoxy groups -OCH3 is 1. The third-order valence-electron chi connectivity index (χ3n) is 4.23. The molecule has 0 amide bonds. The number of benzene rings is 2. The highest BCUT2D eigenvalue weighted by Crippen LogP contribution is 2.26. The van der Waals surface area contributed by atoms with Crippen molar-refractivity contribution in [3.63, 3.8) is 0 Å². The van der Waals surface area contributed by atoms with Gasteiger partial charge in [-0.15, -0.1) is 0 Å². The minimum Gasteiger partial charge on any atom is -0.496 e. The van der Waals surface area contributed by atoms with Crippen molar-refractivity contribution in [2.45, 2.75) is 32.9 Å². The van der Waals surface area contributed by atoms with E-state index in [0.717, 1.165) is 16.9 Å². The molecule has 0 fully saturated rings. The Balaban J connectivity index is 2.10. The molecular weight excluding hydrogens is 345 g/mol. The van der Waals surface area contributed by atoms with Gasteiger partial charge in [0.2, 0.25) is 0 Å².